The standard InChI is InChI=1S/C43H52N10O16S2/c1-2-13-53(22-23-5-10-27-26(17-23)38(63)52-43(45)51-27)25-8-6-24(7-9-25)37(62)46-12-3-4-36(61)69-14-16-71-70-15-11-32(54)47-28(18-33(55)56)39(64)48-29(19-34(57)58)40(65)49-30(20-35(59)60)41(66)50-31(21-44)42(67)68/h1,5-10,17,28-31H,3-4,11-16,18-22,44H2,(H,46,62)(H,47,54)(H,48,64)(H,49,65)(H,50,66)(H,55,56)(H,57,58)(H,59,60)(H,67,68)(H3,45,51,52,63)/t28-,29-,30-,31-/m0/s1. The van der Waals surface area contributed by atoms with Crippen LogP contribution in [0.15, 0.2) is 47.3 Å². The number of ether oxygens (including phenoxy) is 1. The van der Waals surface area contributed by atoms with Crippen molar-refractivity contribution in [2.24, 2.45) is 5.73 Å². The zero-order valence-corrected chi connectivity index (χ0v) is 39.3. The molecule has 0 fully saturated rings. The van der Waals surface area contributed by atoms with Gasteiger partial charge in [0.05, 0.1) is 36.7 Å². The maximum atomic E-state index is 13.1. The number of carbonyl (C=O) groups excluding carboxylic acids is 6. The van der Waals surface area contributed by atoms with Crippen molar-refractivity contribution in [2.75, 3.05) is 48.4 Å². The molecule has 0 saturated carbocycles. The van der Waals surface area contributed by atoms with Crippen molar-refractivity contribution in [3.05, 3.63) is 63.9 Å². The van der Waals surface area contributed by atoms with Crippen molar-refractivity contribution in [3.63, 3.8) is 0 Å². The summed E-state index contributed by atoms with van der Waals surface area (Å²) in [6, 6.07) is 4.49. The number of benzene rings is 2. The van der Waals surface area contributed by atoms with E-state index in [1.165, 1.54) is 21.6 Å². The van der Waals surface area contributed by atoms with Gasteiger partial charge in [-0.15, -0.1) is 6.42 Å². The maximum Gasteiger partial charge on any atom is 0.327 e. The van der Waals surface area contributed by atoms with Gasteiger partial charge in [0.1, 0.15) is 30.8 Å². The lowest BCUT2D eigenvalue weighted by Crippen LogP contribution is -2.59. The lowest BCUT2D eigenvalue weighted by Gasteiger charge is -2.24. The van der Waals surface area contributed by atoms with Crippen molar-refractivity contribution in [1.82, 2.24) is 36.6 Å². The number of hydrogen-bond acceptors (Lipinski definition) is 18. The van der Waals surface area contributed by atoms with Crippen molar-refractivity contribution < 1.29 is 73.1 Å². The number of anilines is 2. The molecule has 5 amide bonds. The number of carboxylic acids is 4. The van der Waals surface area contributed by atoms with Crippen LogP contribution in [0.4, 0.5) is 11.6 Å². The van der Waals surface area contributed by atoms with E-state index in [1.807, 2.05) is 26.9 Å². The van der Waals surface area contributed by atoms with Crippen LogP contribution in [-0.4, -0.2) is 152 Å². The summed E-state index contributed by atoms with van der Waals surface area (Å²) in [4.78, 5) is 143. The summed E-state index contributed by atoms with van der Waals surface area (Å²) < 4.78 is 5.21. The minimum absolute atomic E-state index is 0.0154. The van der Waals surface area contributed by atoms with Gasteiger partial charge in [0.15, 0.2) is 0 Å². The average Bonchev–Trinajstić information content (AvgIpc) is 3.30. The summed E-state index contributed by atoms with van der Waals surface area (Å²) in [7, 11) is 2.43. The van der Waals surface area contributed by atoms with E-state index in [1.54, 1.807) is 36.4 Å². The van der Waals surface area contributed by atoms with E-state index in [0.29, 0.717) is 35.2 Å². The molecule has 14 N–H and O–H groups in total. The first kappa shape index (κ1) is 57.4. The second-order valence-corrected chi connectivity index (χ2v) is 17.8. The number of carbonyl (C=O) groups is 10. The van der Waals surface area contributed by atoms with Crippen LogP contribution in [0.25, 0.3) is 10.9 Å². The van der Waals surface area contributed by atoms with Crippen LogP contribution in [0.5, 0.6) is 0 Å². The molecule has 0 aliphatic heterocycles. The number of terminal acetylenes is 1. The Balaban J connectivity index is 1.38. The monoisotopic (exact) mass is 1030 g/mol. The zero-order valence-electron chi connectivity index (χ0n) is 37.7. The quantitative estimate of drug-likeness (QED) is 0.0149. The number of H-pyrrole nitrogens is 1. The molecule has 3 aromatic rings. The fourth-order valence-corrected chi connectivity index (χ4v) is 8.02. The second kappa shape index (κ2) is 29.2. The molecule has 0 bridgehead atoms. The molecule has 0 unspecified atom stereocenters. The summed E-state index contributed by atoms with van der Waals surface area (Å²) in [5.41, 5.74) is 12.9. The first-order valence-corrected chi connectivity index (χ1v) is 23.7. The summed E-state index contributed by atoms with van der Waals surface area (Å²) in [5.74, 6) is -9.03. The minimum atomic E-state index is -2.02. The predicted molar refractivity (Wildman–Crippen MR) is 256 cm³/mol. The Labute approximate surface area is 411 Å². The lowest BCUT2D eigenvalue weighted by atomic mass is 10.1. The largest absolute Gasteiger partial charge is 0.481 e. The highest BCUT2D eigenvalue weighted by Crippen LogP contribution is 2.22. The smallest absolute Gasteiger partial charge is 0.327 e. The van der Waals surface area contributed by atoms with Crippen LogP contribution in [0.3, 0.4) is 0 Å². The number of aromatic nitrogens is 2. The molecule has 3 rings (SSSR count). The topological polar surface area (TPSA) is 422 Å². The highest BCUT2D eigenvalue weighted by atomic mass is 33.1. The molecule has 71 heavy (non-hydrogen) atoms. The van der Waals surface area contributed by atoms with Crippen molar-refractivity contribution in [3.8, 4) is 12.3 Å². The number of aliphatic carboxylic acids is 4. The molecule has 0 spiro atoms. The van der Waals surface area contributed by atoms with Gasteiger partial charge in [-0.3, -0.25) is 52.9 Å². The highest BCUT2D eigenvalue weighted by Gasteiger charge is 2.34. The molecule has 28 heteroatoms. The third-order valence-corrected chi connectivity index (χ3v) is 12.0. The third kappa shape index (κ3) is 20.3. The number of hydrogen-bond donors (Lipinski definition) is 12. The second-order valence-electron chi connectivity index (χ2n) is 15.1. The molecule has 2 aromatic carbocycles. The zero-order chi connectivity index (χ0) is 52.6. The van der Waals surface area contributed by atoms with E-state index in [9.17, 15) is 68.1 Å². The Morgan fingerprint density at radius 2 is 1.34 bits per heavy atom. The summed E-state index contributed by atoms with van der Waals surface area (Å²) >= 11 is 0. The van der Waals surface area contributed by atoms with Gasteiger partial charge in [-0.1, -0.05) is 33.6 Å². The van der Waals surface area contributed by atoms with E-state index in [-0.39, 0.29) is 55.7 Å². The Morgan fingerprint density at radius 1 is 0.775 bits per heavy atom. The SMILES string of the molecule is C#CCN(Cc1ccc2nc(N)[nH]c(=O)c2c1)c1ccc(C(=O)NCCCC(=O)OCCSSCCC(=O)N[C@@H](CC(=O)O)C(=O)N[C@@H](CC(=O)O)C(=O)N[C@@H](CC(=O)O)C(=O)N[C@@H](CN)C(=O)O)cc1. The van der Waals surface area contributed by atoms with E-state index in [4.69, 9.17) is 27.7 Å². The molecule has 4 atom stereocenters. The number of nitrogen functional groups attached to an aromatic ring is 1. The van der Waals surface area contributed by atoms with Gasteiger partial charge < -0.3 is 68.1 Å². The summed E-state index contributed by atoms with van der Waals surface area (Å²) in [6.07, 6.45) is 2.44. The Kier molecular flexibility index (Phi) is 23.6. The Hall–Kier alpha value is -7.90. The number of esters is 1. The number of rotatable bonds is 31. The average molecular weight is 1030 g/mol. The molecule has 0 aliphatic rings. The fourth-order valence-electron chi connectivity index (χ4n) is 6.20. The predicted octanol–water partition coefficient (Wildman–Crippen LogP) is -1.62. The van der Waals surface area contributed by atoms with E-state index in [0.717, 1.165) is 11.3 Å². The third-order valence-electron chi connectivity index (χ3n) is 9.61. The van der Waals surface area contributed by atoms with Crippen molar-refractivity contribution in [2.45, 2.75) is 69.2 Å². The van der Waals surface area contributed by atoms with Crippen LogP contribution in [0.1, 0.15) is 54.4 Å². The molecule has 382 valence electrons. The normalized spacial score (nSPS) is 12.4. The Bertz CT molecular complexity index is 2540. The lowest BCUT2D eigenvalue weighted by molar-refractivity contribution is -0.145. The van der Waals surface area contributed by atoms with E-state index >= 15 is 0 Å². The molecule has 1 aromatic heterocycles. The first-order valence-electron chi connectivity index (χ1n) is 21.2. The number of nitrogens with two attached hydrogens (primary N) is 2. The fraction of sp³-hybridized carbons (Fsp3) is 0.395. The van der Waals surface area contributed by atoms with Gasteiger partial charge in [-0.05, 0) is 48.4 Å². The van der Waals surface area contributed by atoms with Crippen molar-refractivity contribution >= 4 is 104 Å². The van der Waals surface area contributed by atoms with Crippen LogP contribution in [0, 0.1) is 12.3 Å². The van der Waals surface area contributed by atoms with Gasteiger partial charge in [-0.2, -0.15) is 0 Å². The van der Waals surface area contributed by atoms with Gasteiger partial charge in [0, 0.05) is 55.2 Å². The minimum Gasteiger partial charge on any atom is -0.481 e. The van der Waals surface area contributed by atoms with E-state index in [2.05, 4.69) is 26.5 Å². The molecule has 0 radical (unpaired) electrons. The number of nitrogens with zero attached hydrogens (tertiary/aromatic N) is 2. The van der Waals surface area contributed by atoms with Crippen LogP contribution >= 0.6 is 21.6 Å². The highest BCUT2D eigenvalue weighted by molar-refractivity contribution is 8.76. The number of amides is 5. The number of carboxylic acid groups (broad SMARTS) is 4. The first-order chi connectivity index (χ1) is 33.7. The molecular formula is C43H52N10O16S2. The molecule has 26 nitrogen and oxygen atoms in total. The summed E-state index contributed by atoms with van der Waals surface area (Å²) in [5, 5.41) is 48.2. The maximum absolute atomic E-state index is 13.1. The molecule has 1 heterocycles. The van der Waals surface area contributed by atoms with Crippen molar-refractivity contribution in [1.29, 1.82) is 0 Å². The van der Waals surface area contributed by atoms with Gasteiger partial charge in [-0.25, -0.2) is 9.78 Å². The number of nitrogens with one attached hydrogen (secondary N) is 6. The number of aromatic amines is 1. The molecule has 0 saturated heterocycles. The van der Waals surface area contributed by atoms with Crippen LogP contribution in [0.2, 0.25) is 0 Å². The van der Waals surface area contributed by atoms with Crippen LogP contribution < -0.4 is 48.5 Å². The Morgan fingerprint density at radius 3 is 1.89 bits per heavy atom. The van der Waals surface area contributed by atoms with Gasteiger partial charge in [0.25, 0.3) is 11.5 Å². The van der Waals surface area contributed by atoms with Gasteiger partial charge >= 0.3 is 29.8 Å². The van der Waals surface area contributed by atoms with E-state index < -0.39 is 103 Å². The summed E-state index contributed by atoms with van der Waals surface area (Å²) in [6.45, 7) is 0.209. The van der Waals surface area contributed by atoms with Gasteiger partial charge in [0.2, 0.25) is 29.6 Å². The molecule has 0 aliphatic carbocycles. The van der Waals surface area contributed by atoms with Crippen LogP contribution in [-0.2, 0) is 54.4 Å². The molecular weight excluding hydrogens is 977 g/mol. The number of fused-ring (bicyclic) bond motifs is 1.